The number of fused-ring (bicyclic) bond motifs is 3. The average Bonchev–Trinajstić information content (AvgIpc) is 2.84. The Bertz CT molecular complexity index is 710. The molecule has 112 valence electrons. The van der Waals surface area contributed by atoms with Crippen molar-refractivity contribution in [3.63, 3.8) is 0 Å². The lowest BCUT2D eigenvalue weighted by molar-refractivity contribution is 0.0526. The first-order valence-corrected chi connectivity index (χ1v) is 7.88. The third kappa shape index (κ3) is 2.36. The quantitative estimate of drug-likeness (QED) is 0.841. The van der Waals surface area contributed by atoms with E-state index >= 15 is 0 Å². The molecule has 21 heavy (non-hydrogen) atoms. The summed E-state index contributed by atoms with van der Waals surface area (Å²) in [6.07, 6.45) is 1.07. The number of rotatable bonds is 2. The van der Waals surface area contributed by atoms with Crippen LogP contribution in [0.1, 0.15) is 55.0 Å². The Morgan fingerprint density at radius 2 is 2.29 bits per heavy atom. The van der Waals surface area contributed by atoms with E-state index in [1.54, 1.807) is 19.1 Å². The maximum Gasteiger partial charge on any atom is 0.338 e. The molecule has 6 heteroatoms. The fourth-order valence-electron chi connectivity index (χ4n) is 2.87. The van der Waals surface area contributed by atoms with E-state index < -0.39 is 6.10 Å². The molecule has 1 aromatic carbocycles. The molecule has 0 spiro atoms. The van der Waals surface area contributed by atoms with Gasteiger partial charge in [0.1, 0.15) is 11.9 Å². The Balaban J connectivity index is 2.19. The summed E-state index contributed by atoms with van der Waals surface area (Å²) in [4.78, 5) is 16.4. The minimum atomic E-state index is -0.549. The largest absolute Gasteiger partial charge is 0.462 e. The zero-order chi connectivity index (χ0) is 15.1. The summed E-state index contributed by atoms with van der Waals surface area (Å²) in [5.41, 5.74) is 2.09. The van der Waals surface area contributed by atoms with Gasteiger partial charge in [-0.25, -0.2) is 9.78 Å². The molecule has 1 N–H and O–H groups in total. The number of carbonyl (C=O) groups excluding carboxylic acids is 1. The molecule has 0 fully saturated rings. The molecule has 1 aliphatic rings. The number of aliphatic hydroxyl groups excluding tert-OH is 1. The lowest BCUT2D eigenvalue weighted by Gasteiger charge is -2.26. The van der Waals surface area contributed by atoms with E-state index in [0.29, 0.717) is 29.9 Å². The molecule has 2 unspecified atom stereocenters. The summed E-state index contributed by atoms with van der Waals surface area (Å²) >= 11 is 3.52. The van der Waals surface area contributed by atoms with Gasteiger partial charge in [0.15, 0.2) is 0 Å². The van der Waals surface area contributed by atoms with Crippen molar-refractivity contribution in [2.24, 2.45) is 0 Å². The Morgan fingerprint density at radius 3 is 3.00 bits per heavy atom. The smallest absolute Gasteiger partial charge is 0.338 e. The van der Waals surface area contributed by atoms with Crippen LogP contribution in [0.4, 0.5) is 0 Å². The molecule has 2 heterocycles. The molecule has 5 nitrogen and oxygen atoms in total. The number of nitrogens with zero attached hydrogens (tertiary/aromatic N) is 2. The number of hydrogen-bond acceptors (Lipinski definition) is 4. The summed E-state index contributed by atoms with van der Waals surface area (Å²) < 4.78 is 7.88. The van der Waals surface area contributed by atoms with Crippen LogP contribution < -0.4 is 0 Å². The van der Waals surface area contributed by atoms with Crippen LogP contribution in [-0.4, -0.2) is 27.2 Å². The first-order valence-electron chi connectivity index (χ1n) is 7.09. The number of imidazole rings is 1. The standard InChI is InChI=1S/C15H17BrN2O3/c1-3-21-15(20)9-6-10(16)13-11(7-9)17-14-12(19)5-4-8(2)18(13)14/h6-8,12,19H,3-5H2,1-2H3. The first kappa shape index (κ1) is 14.5. The van der Waals surface area contributed by atoms with Crippen LogP contribution in [0.3, 0.4) is 0 Å². The molecular weight excluding hydrogens is 336 g/mol. The predicted octanol–water partition coefficient (Wildman–Crippen LogP) is 3.36. The van der Waals surface area contributed by atoms with Crippen LogP contribution in [0, 0.1) is 0 Å². The zero-order valence-electron chi connectivity index (χ0n) is 12.0. The number of carbonyl (C=O) groups is 1. The van der Waals surface area contributed by atoms with Gasteiger partial charge in [0.25, 0.3) is 0 Å². The first-order chi connectivity index (χ1) is 10.0. The third-order valence-electron chi connectivity index (χ3n) is 3.87. The summed E-state index contributed by atoms with van der Waals surface area (Å²) in [6.45, 7) is 4.23. The van der Waals surface area contributed by atoms with E-state index in [1.807, 2.05) is 0 Å². The van der Waals surface area contributed by atoms with Crippen LogP contribution >= 0.6 is 15.9 Å². The van der Waals surface area contributed by atoms with Crippen LogP contribution in [0.25, 0.3) is 11.0 Å². The van der Waals surface area contributed by atoms with Gasteiger partial charge >= 0.3 is 5.97 Å². The molecule has 0 saturated heterocycles. The maximum atomic E-state index is 11.9. The second-order valence-electron chi connectivity index (χ2n) is 5.33. The van der Waals surface area contributed by atoms with Crippen LogP contribution in [0.5, 0.6) is 0 Å². The summed E-state index contributed by atoms with van der Waals surface area (Å²) in [5, 5.41) is 10.1. The van der Waals surface area contributed by atoms with Crippen LogP contribution in [0.15, 0.2) is 16.6 Å². The fourth-order valence-corrected chi connectivity index (χ4v) is 3.51. The number of hydrogen-bond donors (Lipinski definition) is 1. The molecule has 1 aromatic heterocycles. The highest BCUT2D eigenvalue weighted by Crippen LogP contribution is 2.38. The molecule has 2 atom stereocenters. The highest BCUT2D eigenvalue weighted by atomic mass is 79.9. The molecular formula is C15H17BrN2O3. The van der Waals surface area contributed by atoms with Crippen molar-refractivity contribution in [1.29, 1.82) is 0 Å². The van der Waals surface area contributed by atoms with Gasteiger partial charge in [-0.05, 0) is 54.8 Å². The van der Waals surface area contributed by atoms with Crippen molar-refractivity contribution in [1.82, 2.24) is 9.55 Å². The van der Waals surface area contributed by atoms with E-state index in [2.05, 4.69) is 32.4 Å². The molecule has 0 amide bonds. The van der Waals surface area contributed by atoms with E-state index in [9.17, 15) is 9.90 Å². The van der Waals surface area contributed by atoms with Gasteiger partial charge in [-0.2, -0.15) is 0 Å². The number of halogens is 1. The lowest BCUT2D eigenvalue weighted by Crippen LogP contribution is -2.19. The van der Waals surface area contributed by atoms with Crippen LogP contribution in [-0.2, 0) is 4.74 Å². The number of esters is 1. The second kappa shape index (κ2) is 5.42. The fraction of sp³-hybridized carbons (Fsp3) is 0.467. The molecule has 0 saturated carbocycles. The van der Waals surface area contributed by atoms with Gasteiger partial charge in [0.05, 0.1) is 23.2 Å². The Hall–Kier alpha value is -1.40. The van der Waals surface area contributed by atoms with E-state index in [4.69, 9.17) is 4.74 Å². The summed E-state index contributed by atoms with van der Waals surface area (Å²) in [6, 6.07) is 3.75. The third-order valence-corrected chi connectivity index (χ3v) is 4.48. The minimum absolute atomic E-state index is 0.276. The van der Waals surface area contributed by atoms with Gasteiger partial charge in [0.2, 0.25) is 0 Å². The molecule has 0 aliphatic carbocycles. The van der Waals surface area contributed by atoms with Gasteiger partial charge in [0, 0.05) is 10.5 Å². The number of aromatic nitrogens is 2. The monoisotopic (exact) mass is 352 g/mol. The molecule has 0 radical (unpaired) electrons. The molecule has 0 bridgehead atoms. The Kier molecular flexibility index (Phi) is 3.75. The van der Waals surface area contributed by atoms with Crippen molar-refractivity contribution < 1.29 is 14.6 Å². The van der Waals surface area contributed by atoms with Gasteiger partial charge in [-0.3, -0.25) is 0 Å². The van der Waals surface area contributed by atoms with Crippen molar-refractivity contribution >= 4 is 32.9 Å². The van der Waals surface area contributed by atoms with Crippen molar-refractivity contribution in [3.8, 4) is 0 Å². The van der Waals surface area contributed by atoms with Gasteiger partial charge < -0.3 is 14.4 Å². The second-order valence-corrected chi connectivity index (χ2v) is 6.18. The highest BCUT2D eigenvalue weighted by molar-refractivity contribution is 9.10. The van der Waals surface area contributed by atoms with E-state index in [0.717, 1.165) is 16.4 Å². The maximum absolute atomic E-state index is 11.9. The van der Waals surface area contributed by atoms with Crippen molar-refractivity contribution in [2.45, 2.75) is 38.8 Å². The molecule has 3 rings (SSSR count). The summed E-state index contributed by atoms with van der Waals surface area (Å²) in [5.74, 6) is 0.310. The average molecular weight is 353 g/mol. The number of ether oxygens (including phenoxy) is 1. The SMILES string of the molecule is CCOC(=O)c1cc(Br)c2c(c1)nc1n2C(C)CCC1O. The minimum Gasteiger partial charge on any atom is -0.462 e. The van der Waals surface area contributed by atoms with Gasteiger partial charge in [-0.1, -0.05) is 0 Å². The van der Waals surface area contributed by atoms with Gasteiger partial charge in [-0.15, -0.1) is 0 Å². The van der Waals surface area contributed by atoms with Crippen molar-refractivity contribution in [2.75, 3.05) is 6.61 Å². The number of benzene rings is 1. The number of aliphatic hydroxyl groups is 1. The van der Waals surface area contributed by atoms with E-state index in [-0.39, 0.29) is 12.0 Å². The topological polar surface area (TPSA) is 64.3 Å². The van der Waals surface area contributed by atoms with E-state index in [1.165, 1.54) is 0 Å². The van der Waals surface area contributed by atoms with Crippen molar-refractivity contribution in [3.05, 3.63) is 28.0 Å². The lowest BCUT2D eigenvalue weighted by atomic mass is 10.0. The zero-order valence-corrected chi connectivity index (χ0v) is 13.6. The van der Waals surface area contributed by atoms with Crippen LogP contribution in [0.2, 0.25) is 0 Å². The molecule has 2 aromatic rings. The Labute approximate surface area is 131 Å². The highest BCUT2D eigenvalue weighted by Gasteiger charge is 2.28. The predicted molar refractivity (Wildman–Crippen MR) is 82.3 cm³/mol. The Morgan fingerprint density at radius 1 is 1.52 bits per heavy atom. The summed E-state index contributed by atoms with van der Waals surface area (Å²) in [7, 11) is 0. The normalized spacial score (nSPS) is 21.3. The molecule has 1 aliphatic heterocycles.